The van der Waals surface area contributed by atoms with Crippen molar-refractivity contribution in [1.82, 2.24) is 4.90 Å². The molecule has 2 atom stereocenters. The second kappa shape index (κ2) is 5.05. The smallest absolute Gasteiger partial charge is 0.129 e. The highest BCUT2D eigenvalue weighted by molar-refractivity contribution is 5.47. The molecule has 1 heterocycles. The number of benzene rings is 1. The van der Waals surface area contributed by atoms with Crippen LogP contribution in [0.3, 0.4) is 0 Å². The van der Waals surface area contributed by atoms with Gasteiger partial charge in [-0.25, -0.2) is 4.39 Å². The number of nitrogens with two attached hydrogens (primary N) is 1. The number of hydrogen-bond acceptors (Lipinski definition) is 2. The standard InChI is InChI=1S/C14H21FN2/c1-10-6-7-17(8-11(10)2)9-12-13(15)4-3-5-14(12)16/h3-5,10-11H,6-9,16H2,1-2H3. The van der Waals surface area contributed by atoms with E-state index in [4.69, 9.17) is 5.73 Å². The van der Waals surface area contributed by atoms with Crippen molar-refractivity contribution in [2.45, 2.75) is 26.8 Å². The summed E-state index contributed by atoms with van der Waals surface area (Å²) in [5, 5.41) is 0. The van der Waals surface area contributed by atoms with Crippen LogP contribution in [0.1, 0.15) is 25.8 Å². The normalized spacial score (nSPS) is 26.1. The Morgan fingerprint density at radius 3 is 2.76 bits per heavy atom. The number of hydrogen-bond donors (Lipinski definition) is 1. The second-order valence-corrected chi connectivity index (χ2v) is 5.29. The van der Waals surface area contributed by atoms with Crippen LogP contribution in [0.5, 0.6) is 0 Å². The number of nitrogens with zero attached hydrogens (tertiary/aromatic N) is 1. The molecule has 2 N–H and O–H groups in total. The number of piperidine rings is 1. The van der Waals surface area contributed by atoms with Crippen LogP contribution in [0, 0.1) is 17.7 Å². The molecule has 0 radical (unpaired) electrons. The Morgan fingerprint density at radius 1 is 1.35 bits per heavy atom. The van der Waals surface area contributed by atoms with E-state index < -0.39 is 0 Å². The van der Waals surface area contributed by atoms with E-state index in [1.54, 1.807) is 12.1 Å². The summed E-state index contributed by atoms with van der Waals surface area (Å²) in [6, 6.07) is 4.92. The number of rotatable bonds is 2. The molecular weight excluding hydrogens is 215 g/mol. The Balaban J connectivity index is 2.06. The maximum Gasteiger partial charge on any atom is 0.129 e. The van der Waals surface area contributed by atoms with Gasteiger partial charge in [0.15, 0.2) is 0 Å². The second-order valence-electron chi connectivity index (χ2n) is 5.29. The maximum absolute atomic E-state index is 13.7. The van der Waals surface area contributed by atoms with E-state index in [0.29, 0.717) is 23.7 Å². The van der Waals surface area contributed by atoms with Gasteiger partial charge in [-0.15, -0.1) is 0 Å². The van der Waals surface area contributed by atoms with Crippen molar-refractivity contribution in [1.29, 1.82) is 0 Å². The Labute approximate surface area is 103 Å². The fraction of sp³-hybridized carbons (Fsp3) is 0.571. The van der Waals surface area contributed by atoms with E-state index in [2.05, 4.69) is 18.7 Å². The maximum atomic E-state index is 13.7. The van der Waals surface area contributed by atoms with Crippen LogP contribution in [-0.2, 0) is 6.54 Å². The first-order valence-electron chi connectivity index (χ1n) is 6.33. The van der Waals surface area contributed by atoms with Crippen LogP contribution in [-0.4, -0.2) is 18.0 Å². The van der Waals surface area contributed by atoms with Gasteiger partial charge in [0.1, 0.15) is 5.82 Å². The van der Waals surface area contributed by atoms with Gasteiger partial charge in [-0.2, -0.15) is 0 Å². The van der Waals surface area contributed by atoms with Gasteiger partial charge in [-0.3, -0.25) is 4.90 Å². The van der Waals surface area contributed by atoms with E-state index in [-0.39, 0.29) is 5.82 Å². The zero-order valence-corrected chi connectivity index (χ0v) is 10.6. The van der Waals surface area contributed by atoms with Crippen LogP contribution in [0.4, 0.5) is 10.1 Å². The van der Waals surface area contributed by atoms with Gasteiger partial charge in [0.25, 0.3) is 0 Å². The number of nitrogen functional groups attached to an aromatic ring is 1. The van der Waals surface area contributed by atoms with E-state index in [1.807, 2.05) is 0 Å². The third-order valence-corrected chi connectivity index (χ3v) is 3.96. The molecule has 2 nitrogen and oxygen atoms in total. The van der Waals surface area contributed by atoms with Gasteiger partial charge in [0.05, 0.1) is 0 Å². The minimum absolute atomic E-state index is 0.184. The number of likely N-dealkylation sites (tertiary alicyclic amines) is 1. The van der Waals surface area contributed by atoms with Gasteiger partial charge >= 0.3 is 0 Å². The lowest BCUT2D eigenvalue weighted by Gasteiger charge is -2.35. The van der Waals surface area contributed by atoms with Crippen molar-refractivity contribution in [2.24, 2.45) is 11.8 Å². The predicted molar refractivity (Wildman–Crippen MR) is 69.0 cm³/mol. The van der Waals surface area contributed by atoms with Crippen molar-refractivity contribution in [3.05, 3.63) is 29.6 Å². The highest BCUT2D eigenvalue weighted by atomic mass is 19.1. The molecule has 2 unspecified atom stereocenters. The molecule has 17 heavy (non-hydrogen) atoms. The minimum atomic E-state index is -0.184. The third-order valence-electron chi connectivity index (χ3n) is 3.96. The van der Waals surface area contributed by atoms with Crippen LogP contribution >= 0.6 is 0 Å². The van der Waals surface area contributed by atoms with E-state index in [0.717, 1.165) is 19.0 Å². The van der Waals surface area contributed by atoms with Crippen LogP contribution in [0.25, 0.3) is 0 Å². The van der Waals surface area contributed by atoms with Crippen molar-refractivity contribution in [3.8, 4) is 0 Å². The van der Waals surface area contributed by atoms with Crippen LogP contribution in [0.2, 0.25) is 0 Å². The molecule has 1 aromatic carbocycles. The molecule has 0 saturated carbocycles. The lowest BCUT2D eigenvalue weighted by atomic mass is 9.88. The molecule has 0 aromatic heterocycles. The fourth-order valence-electron chi connectivity index (χ4n) is 2.46. The van der Waals surface area contributed by atoms with Gasteiger partial charge in [0, 0.05) is 24.3 Å². The molecule has 1 fully saturated rings. The van der Waals surface area contributed by atoms with Gasteiger partial charge in [0.2, 0.25) is 0 Å². The molecule has 1 aliphatic rings. The average molecular weight is 236 g/mol. The molecule has 0 amide bonds. The first kappa shape index (κ1) is 12.4. The Morgan fingerprint density at radius 2 is 2.12 bits per heavy atom. The number of anilines is 1. The minimum Gasteiger partial charge on any atom is -0.398 e. The highest BCUT2D eigenvalue weighted by Crippen LogP contribution is 2.25. The summed E-state index contributed by atoms with van der Waals surface area (Å²) >= 11 is 0. The Kier molecular flexibility index (Phi) is 3.67. The van der Waals surface area contributed by atoms with Crippen molar-refractivity contribution >= 4 is 5.69 Å². The summed E-state index contributed by atoms with van der Waals surface area (Å²) in [5.74, 6) is 1.26. The van der Waals surface area contributed by atoms with E-state index in [1.165, 1.54) is 12.5 Å². The molecule has 1 aromatic rings. The topological polar surface area (TPSA) is 29.3 Å². The fourth-order valence-corrected chi connectivity index (χ4v) is 2.46. The SMILES string of the molecule is CC1CCN(Cc2c(N)cccc2F)CC1C. The molecule has 0 aliphatic carbocycles. The third kappa shape index (κ3) is 2.78. The van der Waals surface area contributed by atoms with Crippen molar-refractivity contribution in [2.75, 3.05) is 18.8 Å². The average Bonchev–Trinajstić information content (AvgIpc) is 2.28. The monoisotopic (exact) mass is 236 g/mol. The lowest BCUT2D eigenvalue weighted by Crippen LogP contribution is -2.38. The summed E-state index contributed by atoms with van der Waals surface area (Å²) in [4.78, 5) is 2.30. The van der Waals surface area contributed by atoms with Crippen LogP contribution in [0.15, 0.2) is 18.2 Å². The molecule has 1 aliphatic heterocycles. The summed E-state index contributed by atoms with van der Waals surface area (Å²) < 4.78 is 13.7. The van der Waals surface area contributed by atoms with Crippen LogP contribution < -0.4 is 5.73 Å². The summed E-state index contributed by atoms with van der Waals surface area (Å²) in [6.07, 6.45) is 1.19. The Hall–Kier alpha value is -1.09. The first-order valence-corrected chi connectivity index (χ1v) is 6.33. The zero-order chi connectivity index (χ0) is 12.4. The molecule has 0 spiro atoms. The van der Waals surface area contributed by atoms with Gasteiger partial charge < -0.3 is 5.73 Å². The molecule has 3 heteroatoms. The van der Waals surface area contributed by atoms with Crippen molar-refractivity contribution in [3.63, 3.8) is 0 Å². The summed E-state index contributed by atoms with van der Waals surface area (Å²) in [7, 11) is 0. The van der Waals surface area contributed by atoms with Gasteiger partial charge in [-0.05, 0) is 36.9 Å². The predicted octanol–water partition coefficient (Wildman–Crippen LogP) is 2.89. The largest absolute Gasteiger partial charge is 0.398 e. The summed E-state index contributed by atoms with van der Waals surface area (Å²) in [5.41, 5.74) is 7.05. The number of halogens is 1. The molecule has 1 saturated heterocycles. The van der Waals surface area contributed by atoms with E-state index in [9.17, 15) is 4.39 Å². The zero-order valence-electron chi connectivity index (χ0n) is 10.6. The molecule has 0 bridgehead atoms. The first-order chi connectivity index (χ1) is 8.08. The van der Waals surface area contributed by atoms with Gasteiger partial charge in [-0.1, -0.05) is 19.9 Å². The molecule has 2 rings (SSSR count). The molecular formula is C14H21FN2. The molecule has 94 valence electrons. The highest BCUT2D eigenvalue weighted by Gasteiger charge is 2.23. The van der Waals surface area contributed by atoms with Crippen molar-refractivity contribution < 1.29 is 4.39 Å². The summed E-state index contributed by atoms with van der Waals surface area (Å²) in [6.45, 7) is 7.27. The quantitative estimate of drug-likeness (QED) is 0.800. The van der Waals surface area contributed by atoms with E-state index >= 15 is 0 Å². The lowest BCUT2D eigenvalue weighted by molar-refractivity contribution is 0.131. The Bertz CT molecular complexity index is 372.